The lowest BCUT2D eigenvalue weighted by molar-refractivity contribution is 0.294. The molecule has 1 aromatic carbocycles. The van der Waals surface area contributed by atoms with E-state index in [0.29, 0.717) is 17.9 Å². The van der Waals surface area contributed by atoms with E-state index in [2.05, 4.69) is 4.98 Å². The maximum absolute atomic E-state index is 11.4. The fourth-order valence-electron chi connectivity index (χ4n) is 1.90. The highest BCUT2D eigenvalue weighted by Gasteiger charge is 2.14. The molecule has 0 aliphatic heterocycles. The Morgan fingerprint density at radius 3 is 2.55 bits per heavy atom. The predicted molar refractivity (Wildman–Crippen MR) is 74.8 cm³/mol. The standard InChI is InChI=1S/C13H17N3O3S/c1-9-5-13(20(14,17)18)10(2)4-12(9)19-7-11-6-15-8-16(11)3/h4-6,8H,7H2,1-3H3,(H2,14,17,18). The largest absolute Gasteiger partial charge is 0.487 e. The molecule has 0 fully saturated rings. The number of nitrogens with zero attached hydrogens (tertiary/aromatic N) is 2. The fourth-order valence-corrected chi connectivity index (χ4v) is 2.75. The van der Waals surface area contributed by atoms with Crippen molar-refractivity contribution < 1.29 is 13.2 Å². The van der Waals surface area contributed by atoms with Gasteiger partial charge in [-0.05, 0) is 37.1 Å². The molecule has 108 valence electrons. The van der Waals surface area contributed by atoms with Crippen molar-refractivity contribution in [3.05, 3.63) is 41.5 Å². The molecule has 0 saturated carbocycles. The van der Waals surface area contributed by atoms with Gasteiger partial charge in [0.15, 0.2) is 0 Å². The van der Waals surface area contributed by atoms with Gasteiger partial charge in [0.05, 0.1) is 23.1 Å². The van der Waals surface area contributed by atoms with Crippen LogP contribution in [0.2, 0.25) is 0 Å². The third kappa shape index (κ3) is 3.00. The number of aryl methyl sites for hydroxylation is 3. The average molecular weight is 295 g/mol. The number of primary sulfonamides is 1. The van der Waals surface area contributed by atoms with Gasteiger partial charge in [-0.2, -0.15) is 0 Å². The number of rotatable bonds is 4. The molecule has 0 unspecified atom stereocenters. The maximum atomic E-state index is 11.4. The summed E-state index contributed by atoms with van der Waals surface area (Å²) in [5.74, 6) is 0.635. The molecule has 2 aromatic rings. The normalized spacial score (nSPS) is 11.6. The molecule has 1 heterocycles. The van der Waals surface area contributed by atoms with Crippen molar-refractivity contribution in [2.75, 3.05) is 0 Å². The Morgan fingerprint density at radius 2 is 2.00 bits per heavy atom. The lowest BCUT2D eigenvalue weighted by Gasteiger charge is -2.12. The highest BCUT2D eigenvalue weighted by molar-refractivity contribution is 7.89. The Hall–Kier alpha value is -1.86. The van der Waals surface area contributed by atoms with Crippen LogP contribution >= 0.6 is 0 Å². The van der Waals surface area contributed by atoms with E-state index in [1.165, 1.54) is 6.07 Å². The monoisotopic (exact) mass is 295 g/mol. The van der Waals surface area contributed by atoms with Gasteiger partial charge in [-0.15, -0.1) is 0 Å². The van der Waals surface area contributed by atoms with Crippen molar-refractivity contribution in [3.8, 4) is 5.75 Å². The molecule has 20 heavy (non-hydrogen) atoms. The Bertz CT molecular complexity index is 735. The van der Waals surface area contributed by atoms with Gasteiger partial charge in [-0.1, -0.05) is 0 Å². The summed E-state index contributed by atoms with van der Waals surface area (Å²) in [7, 11) is -1.82. The molecular weight excluding hydrogens is 278 g/mol. The molecule has 1 aromatic heterocycles. The van der Waals surface area contributed by atoms with E-state index in [0.717, 1.165) is 11.3 Å². The first-order chi connectivity index (χ1) is 9.29. The van der Waals surface area contributed by atoms with Crippen LogP contribution in [-0.4, -0.2) is 18.0 Å². The molecule has 2 rings (SSSR count). The molecule has 2 N–H and O–H groups in total. The van der Waals surface area contributed by atoms with Crippen molar-refractivity contribution in [2.24, 2.45) is 12.2 Å². The topological polar surface area (TPSA) is 87.2 Å². The lowest BCUT2D eigenvalue weighted by atomic mass is 10.1. The van der Waals surface area contributed by atoms with Gasteiger partial charge in [-0.25, -0.2) is 18.5 Å². The molecule has 0 atom stereocenters. The second kappa shape index (κ2) is 5.26. The Kier molecular flexibility index (Phi) is 3.82. The van der Waals surface area contributed by atoms with Crippen LogP contribution in [0.15, 0.2) is 29.6 Å². The number of ether oxygens (including phenoxy) is 1. The summed E-state index contributed by atoms with van der Waals surface area (Å²) in [5, 5.41) is 5.17. The molecule has 0 aliphatic rings. The number of nitrogens with two attached hydrogens (primary N) is 1. The molecule has 0 aliphatic carbocycles. The van der Waals surface area contributed by atoms with Gasteiger partial charge in [0, 0.05) is 7.05 Å². The molecule has 0 saturated heterocycles. The Morgan fingerprint density at radius 1 is 1.30 bits per heavy atom. The molecule has 7 heteroatoms. The van der Waals surface area contributed by atoms with E-state index in [-0.39, 0.29) is 4.90 Å². The molecule has 6 nitrogen and oxygen atoms in total. The highest BCUT2D eigenvalue weighted by atomic mass is 32.2. The summed E-state index contributed by atoms with van der Waals surface area (Å²) in [4.78, 5) is 4.14. The number of hydrogen-bond acceptors (Lipinski definition) is 4. The van der Waals surface area contributed by atoms with Crippen LogP contribution in [0, 0.1) is 13.8 Å². The van der Waals surface area contributed by atoms with E-state index >= 15 is 0 Å². The SMILES string of the molecule is Cc1cc(S(N)(=O)=O)c(C)cc1OCc1cncn1C. The summed E-state index contributed by atoms with van der Waals surface area (Å²) < 4.78 is 30.4. The van der Waals surface area contributed by atoms with Gasteiger partial charge in [-0.3, -0.25) is 0 Å². The zero-order valence-corrected chi connectivity index (χ0v) is 12.4. The number of benzene rings is 1. The van der Waals surface area contributed by atoms with E-state index in [1.807, 2.05) is 11.6 Å². The van der Waals surface area contributed by atoms with E-state index < -0.39 is 10.0 Å². The van der Waals surface area contributed by atoms with Gasteiger partial charge >= 0.3 is 0 Å². The van der Waals surface area contributed by atoms with Gasteiger partial charge < -0.3 is 9.30 Å². The van der Waals surface area contributed by atoms with Gasteiger partial charge in [0.1, 0.15) is 12.4 Å². The predicted octanol–water partition coefficient (Wildman–Crippen LogP) is 1.26. The zero-order valence-electron chi connectivity index (χ0n) is 11.6. The first-order valence-electron chi connectivity index (χ1n) is 6.01. The van der Waals surface area contributed by atoms with Crippen LogP contribution in [-0.2, 0) is 23.7 Å². The summed E-state index contributed by atoms with van der Waals surface area (Å²) in [5.41, 5.74) is 2.22. The van der Waals surface area contributed by atoms with Crippen molar-refractivity contribution in [1.82, 2.24) is 9.55 Å². The van der Waals surface area contributed by atoms with E-state index in [1.54, 1.807) is 32.4 Å². The van der Waals surface area contributed by atoms with Crippen LogP contribution in [0.3, 0.4) is 0 Å². The minimum Gasteiger partial charge on any atom is -0.487 e. The van der Waals surface area contributed by atoms with Gasteiger partial charge in [0.25, 0.3) is 0 Å². The minimum absolute atomic E-state index is 0.128. The number of sulfonamides is 1. The molecular formula is C13H17N3O3S. The van der Waals surface area contributed by atoms with Crippen molar-refractivity contribution >= 4 is 10.0 Å². The van der Waals surface area contributed by atoms with Crippen LogP contribution < -0.4 is 9.88 Å². The van der Waals surface area contributed by atoms with Crippen LogP contribution in [0.5, 0.6) is 5.75 Å². The average Bonchev–Trinajstić information content (AvgIpc) is 2.74. The summed E-state index contributed by atoms with van der Waals surface area (Å²) in [6.07, 6.45) is 3.42. The van der Waals surface area contributed by atoms with E-state index in [9.17, 15) is 8.42 Å². The van der Waals surface area contributed by atoms with Crippen LogP contribution in [0.25, 0.3) is 0 Å². The summed E-state index contributed by atoms with van der Waals surface area (Å²) in [6, 6.07) is 3.22. The third-order valence-electron chi connectivity index (χ3n) is 3.07. The fraction of sp³-hybridized carbons (Fsp3) is 0.308. The van der Waals surface area contributed by atoms with Crippen molar-refractivity contribution in [1.29, 1.82) is 0 Å². The first-order valence-corrected chi connectivity index (χ1v) is 7.55. The second-order valence-electron chi connectivity index (χ2n) is 4.71. The zero-order chi connectivity index (χ0) is 14.9. The Balaban J connectivity index is 2.26. The number of imidazole rings is 1. The summed E-state index contributed by atoms with van der Waals surface area (Å²) in [6.45, 7) is 3.84. The molecule has 0 amide bonds. The molecule has 0 radical (unpaired) electrons. The summed E-state index contributed by atoms with van der Waals surface area (Å²) >= 11 is 0. The first kappa shape index (κ1) is 14.5. The molecule has 0 bridgehead atoms. The van der Waals surface area contributed by atoms with Gasteiger partial charge in [0.2, 0.25) is 10.0 Å². The van der Waals surface area contributed by atoms with Crippen LogP contribution in [0.4, 0.5) is 0 Å². The quantitative estimate of drug-likeness (QED) is 0.920. The number of hydrogen-bond donors (Lipinski definition) is 1. The third-order valence-corrected chi connectivity index (χ3v) is 4.12. The smallest absolute Gasteiger partial charge is 0.238 e. The van der Waals surface area contributed by atoms with E-state index in [4.69, 9.17) is 9.88 Å². The molecule has 0 spiro atoms. The maximum Gasteiger partial charge on any atom is 0.238 e. The lowest BCUT2D eigenvalue weighted by Crippen LogP contribution is -2.14. The number of aromatic nitrogens is 2. The van der Waals surface area contributed by atoms with Crippen LogP contribution in [0.1, 0.15) is 16.8 Å². The second-order valence-corrected chi connectivity index (χ2v) is 6.24. The van der Waals surface area contributed by atoms with Crippen molar-refractivity contribution in [3.63, 3.8) is 0 Å². The highest BCUT2D eigenvalue weighted by Crippen LogP contribution is 2.25. The Labute approximate surface area is 118 Å². The minimum atomic E-state index is -3.71. The van der Waals surface area contributed by atoms with Crippen molar-refractivity contribution in [2.45, 2.75) is 25.3 Å².